The molecule has 0 radical (unpaired) electrons. The van der Waals surface area contributed by atoms with Gasteiger partial charge < -0.3 is 5.32 Å². The highest BCUT2D eigenvalue weighted by molar-refractivity contribution is 7.98. The third-order valence-corrected chi connectivity index (χ3v) is 3.20. The normalized spacial score (nSPS) is 10.3. The lowest BCUT2D eigenvalue weighted by Crippen LogP contribution is -2.24. The molecule has 6 heteroatoms. The number of carbonyl (C=O) groups is 1. The maximum absolute atomic E-state index is 12.0. The Labute approximate surface area is 109 Å². The van der Waals surface area contributed by atoms with Crippen molar-refractivity contribution in [1.29, 1.82) is 0 Å². The molecule has 1 amide bonds. The molecule has 0 saturated heterocycles. The summed E-state index contributed by atoms with van der Waals surface area (Å²) in [5.41, 5.74) is 0.678. The number of rotatable bonds is 4. The number of aromatic nitrogens is 3. The van der Waals surface area contributed by atoms with Gasteiger partial charge in [0.05, 0.1) is 12.1 Å². The van der Waals surface area contributed by atoms with Gasteiger partial charge in [-0.2, -0.15) is 5.10 Å². The number of carbonyl (C=O) groups excluding carboxylic acids is 1. The molecule has 0 aliphatic rings. The summed E-state index contributed by atoms with van der Waals surface area (Å²) in [5, 5.41) is 9.51. The molecule has 2 rings (SSSR count). The number of hydrogen-bond donors (Lipinski definition) is 2. The molecule has 18 heavy (non-hydrogen) atoms. The summed E-state index contributed by atoms with van der Waals surface area (Å²) >= 11 is 1.55. The number of thioether (sulfide) groups is 1. The van der Waals surface area contributed by atoms with E-state index in [0.717, 1.165) is 10.7 Å². The Balaban J connectivity index is 2.03. The Hall–Kier alpha value is -1.82. The highest BCUT2D eigenvalue weighted by atomic mass is 32.2. The van der Waals surface area contributed by atoms with Gasteiger partial charge in [0.2, 0.25) is 0 Å². The van der Waals surface area contributed by atoms with E-state index in [-0.39, 0.29) is 5.91 Å². The molecule has 2 aromatic rings. The molecule has 1 heterocycles. The fourth-order valence-electron chi connectivity index (χ4n) is 1.55. The molecule has 0 unspecified atom stereocenters. The molecule has 0 bridgehead atoms. The molecule has 0 aliphatic heterocycles. The molecule has 1 aromatic heterocycles. The van der Waals surface area contributed by atoms with Crippen LogP contribution in [0.25, 0.3) is 0 Å². The number of nitrogens with zero attached hydrogens (tertiary/aromatic N) is 2. The van der Waals surface area contributed by atoms with Gasteiger partial charge in [0, 0.05) is 4.90 Å². The van der Waals surface area contributed by atoms with E-state index in [4.69, 9.17) is 0 Å². The van der Waals surface area contributed by atoms with E-state index in [1.165, 1.54) is 0 Å². The number of amides is 1. The van der Waals surface area contributed by atoms with Gasteiger partial charge in [-0.05, 0) is 25.3 Å². The monoisotopic (exact) mass is 262 g/mol. The SMILES string of the molecule is CSc1ccccc1C(=O)NCc1n[nH]c(C)n1. The van der Waals surface area contributed by atoms with Crippen molar-refractivity contribution in [3.05, 3.63) is 41.5 Å². The molecule has 94 valence electrons. The van der Waals surface area contributed by atoms with Crippen molar-refractivity contribution in [1.82, 2.24) is 20.5 Å². The maximum Gasteiger partial charge on any atom is 0.252 e. The Kier molecular flexibility index (Phi) is 3.99. The summed E-state index contributed by atoms with van der Waals surface area (Å²) < 4.78 is 0. The second-order valence-electron chi connectivity index (χ2n) is 3.72. The van der Waals surface area contributed by atoms with Crippen molar-refractivity contribution in [2.24, 2.45) is 0 Å². The van der Waals surface area contributed by atoms with Crippen molar-refractivity contribution in [3.63, 3.8) is 0 Å². The van der Waals surface area contributed by atoms with E-state index in [0.29, 0.717) is 17.9 Å². The molecule has 0 aliphatic carbocycles. The Bertz CT molecular complexity index is 553. The predicted octanol–water partition coefficient (Wildman–Crippen LogP) is 1.77. The van der Waals surface area contributed by atoms with E-state index in [9.17, 15) is 4.79 Å². The van der Waals surface area contributed by atoms with Crippen molar-refractivity contribution >= 4 is 17.7 Å². The van der Waals surface area contributed by atoms with Crippen LogP contribution in [-0.2, 0) is 6.54 Å². The second-order valence-corrected chi connectivity index (χ2v) is 4.57. The van der Waals surface area contributed by atoms with Crippen molar-refractivity contribution < 1.29 is 4.79 Å². The zero-order valence-corrected chi connectivity index (χ0v) is 11.0. The van der Waals surface area contributed by atoms with Gasteiger partial charge in [-0.3, -0.25) is 9.89 Å². The summed E-state index contributed by atoms with van der Waals surface area (Å²) in [5.74, 6) is 1.22. The van der Waals surface area contributed by atoms with Crippen molar-refractivity contribution in [2.75, 3.05) is 6.26 Å². The standard InChI is InChI=1S/C12H14N4OS/c1-8-14-11(16-15-8)7-13-12(17)9-5-3-4-6-10(9)18-2/h3-6H,7H2,1-2H3,(H,13,17)(H,14,15,16). The van der Waals surface area contributed by atoms with E-state index >= 15 is 0 Å². The average Bonchev–Trinajstić information content (AvgIpc) is 2.81. The van der Waals surface area contributed by atoms with Gasteiger partial charge in [-0.25, -0.2) is 4.98 Å². The topological polar surface area (TPSA) is 70.7 Å². The first-order valence-electron chi connectivity index (χ1n) is 5.50. The fourth-order valence-corrected chi connectivity index (χ4v) is 2.15. The minimum Gasteiger partial charge on any atom is -0.345 e. The zero-order valence-electron chi connectivity index (χ0n) is 10.2. The minimum atomic E-state index is -0.109. The van der Waals surface area contributed by atoms with Gasteiger partial charge >= 0.3 is 0 Å². The van der Waals surface area contributed by atoms with Gasteiger partial charge in [0.25, 0.3) is 5.91 Å². The summed E-state index contributed by atoms with van der Waals surface area (Å²) in [7, 11) is 0. The fraction of sp³-hybridized carbons (Fsp3) is 0.250. The Morgan fingerprint density at radius 3 is 2.89 bits per heavy atom. The number of nitrogens with one attached hydrogen (secondary N) is 2. The van der Waals surface area contributed by atoms with Gasteiger partial charge in [-0.1, -0.05) is 12.1 Å². The van der Waals surface area contributed by atoms with Crippen LogP contribution in [0.4, 0.5) is 0 Å². The van der Waals surface area contributed by atoms with Gasteiger partial charge in [-0.15, -0.1) is 11.8 Å². The molecule has 2 N–H and O–H groups in total. The van der Waals surface area contributed by atoms with E-state index in [1.807, 2.05) is 37.4 Å². The molecular formula is C12H14N4OS. The molecule has 0 saturated carbocycles. The first kappa shape index (κ1) is 12.6. The van der Waals surface area contributed by atoms with Gasteiger partial charge in [0.1, 0.15) is 5.82 Å². The number of aryl methyl sites for hydroxylation is 1. The van der Waals surface area contributed by atoms with Crippen LogP contribution in [0.5, 0.6) is 0 Å². The lowest BCUT2D eigenvalue weighted by Gasteiger charge is -2.06. The second kappa shape index (κ2) is 5.68. The number of aromatic amines is 1. The first-order valence-corrected chi connectivity index (χ1v) is 6.72. The van der Waals surface area contributed by atoms with Gasteiger partial charge in [0.15, 0.2) is 5.82 Å². The van der Waals surface area contributed by atoms with Crippen LogP contribution in [0.2, 0.25) is 0 Å². The Morgan fingerprint density at radius 2 is 2.22 bits per heavy atom. The summed E-state index contributed by atoms with van der Waals surface area (Å²) in [6.45, 7) is 2.15. The van der Waals surface area contributed by atoms with E-state index in [1.54, 1.807) is 11.8 Å². The Morgan fingerprint density at radius 1 is 1.44 bits per heavy atom. The summed E-state index contributed by atoms with van der Waals surface area (Å²) in [4.78, 5) is 17.1. The third kappa shape index (κ3) is 2.89. The van der Waals surface area contributed by atoms with Crippen LogP contribution in [-0.4, -0.2) is 27.3 Å². The average molecular weight is 262 g/mol. The predicted molar refractivity (Wildman–Crippen MR) is 70.5 cm³/mol. The highest BCUT2D eigenvalue weighted by Gasteiger charge is 2.10. The number of hydrogen-bond acceptors (Lipinski definition) is 4. The minimum absolute atomic E-state index is 0.109. The zero-order chi connectivity index (χ0) is 13.0. The van der Waals surface area contributed by atoms with Crippen LogP contribution in [0, 0.1) is 6.92 Å². The van der Waals surface area contributed by atoms with Crippen LogP contribution < -0.4 is 5.32 Å². The van der Waals surface area contributed by atoms with Crippen LogP contribution in [0.3, 0.4) is 0 Å². The third-order valence-electron chi connectivity index (χ3n) is 2.40. The first-order chi connectivity index (χ1) is 8.70. The quantitative estimate of drug-likeness (QED) is 0.824. The smallest absolute Gasteiger partial charge is 0.252 e. The van der Waals surface area contributed by atoms with E-state index in [2.05, 4.69) is 20.5 Å². The molecule has 0 atom stereocenters. The van der Waals surface area contributed by atoms with Crippen LogP contribution >= 0.6 is 11.8 Å². The number of benzene rings is 1. The van der Waals surface area contributed by atoms with Crippen LogP contribution in [0.1, 0.15) is 22.0 Å². The van der Waals surface area contributed by atoms with Crippen molar-refractivity contribution in [3.8, 4) is 0 Å². The summed E-state index contributed by atoms with van der Waals surface area (Å²) in [6, 6.07) is 7.51. The van der Waals surface area contributed by atoms with Crippen LogP contribution in [0.15, 0.2) is 29.2 Å². The van der Waals surface area contributed by atoms with E-state index < -0.39 is 0 Å². The molecule has 5 nitrogen and oxygen atoms in total. The lowest BCUT2D eigenvalue weighted by molar-refractivity contribution is 0.0947. The molecular weight excluding hydrogens is 248 g/mol. The lowest BCUT2D eigenvalue weighted by atomic mass is 10.2. The maximum atomic E-state index is 12.0. The highest BCUT2D eigenvalue weighted by Crippen LogP contribution is 2.19. The number of H-pyrrole nitrogens is 1. The molecule has 1 aromatic carbocycles. The van der Waals surface area contributed by atoms with Crippen molar-refractivity contribution in [2.45, 2.75) is 18.4 Å². The molecule has 0 fully saturated rings. The molecule has 0 spiro atoms. The largest absolute Gasteiger partial charge is 0.345 e. The summed E-state index contributed by atoms with van der Waals surface area (Å²) in [6.07, 6.45) is 1.95.